The van der Waals surface area contributed by atoms with E-state index in [1.807, 2.05) is 6.07 Å². The molecule has 25 heavy (non-hydrogen) atoms. The number of aliphatic hydroxyl groups is 1. The van der Waals surface area contributed by atoms with E-state index in [9.17, 15) is 5.11 Å². The number of hydrogen-bond acceptors (Lipinski definition) is 3. The van der Waals surface area contributed by atoms with Crippen LogP contribution in [-0.4, -0.2) is 35.8 Å². The Morgan fingerprint density at radius 3 is 2.60 bits per heavy atom. The summed E-state index contributed by atoms with van der Waals surface area (Å²) in [6.07, 6.45) is 0.579. The molecule has 0 spiro atoms. The van der Waals surface area contributed by atoms with E-state index in [0.29, 0.717) is 19.1 Å². The number of β-amino-alcohol motifs (C(OH)–C–C–N with tert-alkyl or cyclic N) is 1. The summed E-state index contributed by atoms with van der Waals surface area (Å²) in [7, 11) is 0. The summed E-state index contributed by atoms with van der Waals surface area (Å²) in [6.45, 7) is 9.40. The van der Waals surface area contributed by atoms with Crippen molar-refractivity contribution in [2.75, 3.05) is 19.7 Å². The van der Waals surface area contributed by atoms with E-state index in [-0.39, 0.29) is 0 Å². The van der Waals surface area contributed by atoms with Gasteiger partial charge in [-0.1, -0.05) is 44.2 Å². The van der Waals surface area contributed by atoms with Crippen molar-refractivity contribution < 1.29 is 9.84 Å². The average molecular weight is 339 g/mol. The minimum atomic E-state index is -0.477. The van der Waals surface area contributed by atoms with Gasteiger partial charge in [-0.25, -0.2) is 0 Å². The number of benzene rings is 2. The number of hydrogen-bond donors (Lipinski definition) is 1. The van der Waals surface area contributed by atoms with Gasteiger partial charge in [0.05, 0.1) is 0 Å². The Bertz CT molecular complexity index is 711. The van der Waals surface area contributed by atoms with E-state index >= 15 is 0 Å². The fourth-order valence-corrected chi connectivity index (χ4v) is 3.64. The van der Waals surface area contributed by atoms with Crippen LogP contribution in [0.25, 0.3) is 0 Å². The van der Waals surface area contributed by atoms with Crippen LogP contribution in [0.15, 0.2) is 42.5 Å². The second-order valence-corrected chi connectivity index (χ2v) is 7.39. The maximum atomic E-state index is 10.4. The van der Waals surface area contributed by atoms with Gasteiger partial charge in [-0.15, -0.1) is 0 Å². The Morgan fingerprint density at radius 2 is 1.88 bits per heavy atom. The first-order valence-corrected chi connectivity index (χ1v) is 9.23. The smallest absolute Gasteiger partial charge is 0.119 e. The maximum Gasteiger partial charge on any atom is 0.119 e. The summed E-state index contributed by atoms with van der Waals surface area (Å²) < 4.78 is 5.82. The van der Waals surface area contributed by atoms with Crippen LogP contribution in [0.1, 0.15) is 42.0 Å². The van der Waals surface area contributed by atoms with Gasteiger partial charge in [0.2, 0.25) is 0 Å². The number of aryl methyl sites for hydroxylation is 1. The summed E-state index contributed by atoms with van der Waals surface area (Å²) >= 11 is 0. The summed E-state index contributed by atoms with van der Waals surface area (Å²) in [5, 5.41) is 10.4. The lowest BCUT2D eigenvalue weighted by molar-refractivity contribution is 0.0637. The van der Waals surface area contributed by atoms with Crippen molar-refractivity contribution in [2.45, 2.75) is 45.8 Å². The summed E-state index contributed by atoms with van der Waals surface area (Å²) in [5.74, 6) is 1.35. The molecule has 1 N–H and O–H groups in total. The molecule has 2 aromatic carbocycles. The standard InChI is InChI=1S/C22H29NO2/c1-16(2)22-9-8-21(12-17(22)3)25-15-20(24)14-23-11-10-18-6-4-5-7-19(18)13-23/h4-9,12,16,20,24H,10-11,13-15H2,1-3H3/t20-/m0/s1. The molecule has 0 unspecified atom stereocenters. The monoisotopic (exact) mass is 339 g/mol. The number of nitrogens with zero attached hydrogens (tertiary/aromatic N) is 1. The Hall–Kier alpha value is -1.84. The molecule has 3 nitrogen and oxygen atoms in total. The van der Waals surface area contributed by atoms with Crippen molar-refractivity contribution in [3.63, 3.8) is 0 Å². The minimum absolute atomic E-state index is 0.332. The van der Waals surface area contributed by atoms with E-state index in [2.05, 4.69) is 62.1 Å². The second kappa shape index (κ2) is 8.03. The summed E-state index contributed by atoms with van der Waals surface area (Å²) in [5.41, 5.74) is 5.40. The van der Waals surface area contributed by atoms with Gasteiger partial charge in [0, 0.05) is 19.6 Å². The largest absolute Gasteiger partial charge is 0.491 e. The molecule has 0 saturated heterocycles. The summed E-state index contributed by atoms with van der Waals surface area (Å²) in [6, 6.07) is 14.8. The van der Waals surface area contributed by atoms with Crippen molar-refractivity contribution in [1.29, 1.82) is 0 Å². The quantitative estimate of drug-likeness (QED) is 0.866. The molecule has 1 atom stereocenters. The van der Waals surface area contributed by atoms with Gasteiger partial charge in [0.25, 0.3) is 0 Å². The van der Waals surface area contributed by atoms with Crippen LogP contribution in [0.4, 0.5) is 0 Å². The van der Waals surface area contributed by atoms with Crippen molar-refractivity contribution in [1.82, 2.24) is 4.90 Å². The molecule has 1 aliphatic rings. The number of ether oxygens (including phenoxy) is 1. The topological polar surface area (TPSA) is 32.7 Å². The molecule has 2 aromatic rings. The number of aliphatic hydroxyl groups excluding tert-OH is 1. The molecule has 0 bridgehead atoms. The van der Waals surface area contributed by atoms with E-state index in [1.165, 1.54) is 22.3 Å². The fourth-order valence-electron chi connectivity index (χ4n) is 3.64. The molecule has 0 amide bonds. The van der Waals surface area contributed by atoms with Crippen molar-refractivity contribution in [3.05, 3.63) is 64.7 Å². The van der Waals surface area contributed by atoms with Crippen LogP contribution in [0.2, 0.25) is 0 Å². The fraction of sp³-hybridized carbons (Fsp3) is 0.455. The average Bonchev–Trinajstić information content (AvgIpc) is 2.59. The van der Waals surface area contributed by atoms with Gasteiger partial charge in [0.1, 0.15) is 18.5 Å². The third-order valence-electron chi connectivity index (χ3n) is 4.98. The molecule has 0 aromatic heterocycles. The molecule has 0 fully saturated rings. The van der Waals surface area contributed by atoms with Crippen molar-refractivity contribution >= 4 is 0 Å². The maximum absolute atomic E-state index is 10.4. The molecule has 0 saturated carbocycles. The highest BCUT2D eigenvalue weighted by molar-refractivity contribution is 5.36. The molecule has 0 radical (unpaired) electrons. The molecule has 1 aliphatic heterocycles. The van der Waals surface area contributed by atoms with E-state index in [4.69, 9.17) is 4.74 Å². The molecule has 134 valence electrons. The first-order valence-electron chi connectivity index (χ1n) is 9.23. The molecular formula is C22H29NO2. The van der Waals surface area contributed by atoms with E-state index in [0.717, 1.165) is 25.3 Å². The normalized spacial score (nSPS) is 15.9. The SMILES string of the molecule is Cc1cc(OC[C@@H](O)CN2CCc3ccccc3C2)ccc1C(C)C. The van der Waals surface area contributed by atoms with Crippen LogP contribution in [0.5, 0.6) is 5.75 Å². The molecular weight excluding hydrogens is 310 g/mol. The van der Waals surface area contributed by atoms with Crippen LogP contribution in [0, 0.1) is 6.92 Å². The molecule has 3 heteroatoms. The summed E-state index contributed by atoms with van der Waals surface area (Å²) in [4.78, 5) is 2.31. The predicted octanol–water partition coefficient (Wildman–Crippen LogP) is 3.92. The van der Waals surface area contributed by atoms with Gasteiger partial charge in [-0.05, 0) is 53.6 Å². The third-order valence-corrected chi connectivity index (χ3v) is 4.98. The molecule has 3 rings (SSSR count). The Morgan fingerprint density at radius 1 is 1.12 bits per heavy atom. The lowest BCUT2D eigenvalue weighted by Gasteiger charge is -2.30. The van der Waals surface area contributed by atoms with E-state index in [1.54, 1.807) is 0 Å². The third kappa shape index (κ3) is 4.62. The van der Waals surface area contributed by atoms with Gasteiger partial charge >= 0.3 is 0 Å². The highest BCUT2D eigenvalue weighted by Crippen LogP contribution is 2.24. The Kier molecular flexibility index (Phi) is 5.77. The predicted molar refractivity (Wildman–Crippen MR) is 102 cm³/mol. The Labute approximate surface area is 151 Å². The van der Waals surface area contributed by atoms with Crippen LogP contribution >= 0.6 is 0 Å². The van der Waals surface area contributed by atoms with Crippen LogP contribution in [0.3, 0.4) is 0 Å². The molecule has 1 heterocycles. The zero-order valence-corrected chi connectivity index (χ0v) is 15.5. The lowest BCUT2D eigenvalue weighted by atomic mass is 9.98. The number of rotatable bonds is 6. The van der Waals surface area contributed by atoms with Gasteiger partial charge in [-0.2, -0.15) is 0 Å². The van der Waals surface area contributed by atoms with Gasteiger partial charge in [-0.3, -0.25) is 4.90 Å². The van der Waals surface area contributed by atoms with E-state index < -0.39 is 6.10 Å². The Balaban J connectivity index is 1.50. The lowest BCUT2D eigenvalue weighted by Crippen LogP contribution is -2.38. The number of fused-ring (bicyclic) bond motifs is 1. The van der Waals surface area contributed by atoms with Gasteiger partial charge in [0.15, 0.2) is 0 Å². The van der Waals surface area contributed by atoms with Gasteiger partial charge < -0.3 is 9.84 Å². The molecule has 0 aliphatic carbocycles. The van der Waals surface area contributed by atoms with Crippen molar-refractivity contribution in [2.24, 2.45) is 0 Å². The zero-order chi connectivity index (χ0) is 17.8. The first kappa shape index (κ1) is 18.0. The minimum Gasteiger partial charge on any atom is -0.491 e. The highest BCUT2D eigenvalue weighted by atomic mass is 16.5. The van der Waals surface area contributed by atoms with Crippen LogP contribution < -0.4 is 4.74 Å². The first-order chi connectivity index (χ1) is 12.0. The van der Waals surface area contributed by atoms with Crippen LogP contribution in [-0.2, 0) is 13.0 Å². The zero-order valence-electron chi connectivity index (χ0n) is 15.5. The highest BCUT2D eigenvalue weighted by Gasteiger charge is 2.18. The van der Waals surface area contributed by atoms with Crippen molar-refractivity contribution in [3.8, 4) is 5.75 Å². The second-order valence-electron chi connectivity index (χ2n) is 7.39.